The number of hydrogen-bond acceptors (Lipinski definition) is 4. The van der Waals surface area contributed by atoms with Crippen LogP contribution >= 0.6 is 11.6 Å². The quantitative estimate of drug-likeness (QED) is 0.666. The lowest BCUT2D eigenvalue weighted by Gasteiger charge is -2.08. The summed E-state index contributed by atoms with van der Waals surface area (Å²) in [6.45, 7) is 0.416. The van der Waals surface area contributed by atoms with Gasteiger partial charge in [-0.25, -0.2) is 18.7 Å². The molecule has 0 aliphatic carbocycles. The first-order valence-corrected chi connectivity index (χ1v) is 8.46. The third-order valence-corrected chi connectivity index (χ3v) is 3.94. The fourth-order valence-electron chi connectivity index (χ4n) is 2.35. The molecule has 5 nitrogen and oxygen atoms in total. The van der Waals surface area contributed by atoms with Crippen molar-refractivity contribution >= 4 is 29.1 Å². The first-order chi connectivity index (χ1) is 13.0. The zero-order chi connectivity index (χ0) is 19.2. The van der Waals surface area contributed by atoms with E-state index in [1.807, 2.05) is 18.2 Å². The van der Waals surface area contributed by atoms with E-state index < -0.39 is 11.6 Å². The lowest BCUT2D eigenvalue weighted by atomic mass is 10.1. The Morgan fingerprint density at radius 1 is 1.04 bits per heavy atom. The van der Waals surface area contributed by atoms with Crippen molar-refractivity contribution in [3.63, 3.8) is 0 Å². The molecule has 0 spiro atoms. The molecule has 1 amide bonds. The second-order valence-corrected chi connectivity index (χ2v) is 6.09. The van der Waals surface area contributed by atoms with Crippen LogP contribution in [0.5, 0.6) is 0 Å². The molecule has 1 heterocycles. The number of benzene rings is 2. The molecule has 0 radical (unpaired) electrons. The minimum atomic E-state index is -0.763. The Bertz CT molecular complexity index is 930. The molecule has 0 bridgehead atoms. The van der Waals surface area contributed by atoms with Crippen molar-refractivity contribution < 1.29 is 13.6 Å². The number of aromatic nitrogens is 2. The summed E-state index contributed by atoms with van der Waals surface area (Å²) in [5, 5.41) is 5.85. The van der Waals surface area contributed by atoms with E-state index in [9.17, 15) is 13.6 Å². The molecule has 0 unspecified atom stereocenters. The van der Waals surface area contributed by atoms with Crippen molar-refractivity contribution in [1.82, 2.24) is 15.3 Å². The molecule has 1 aromatic heterocycles. The zero-order valence-corrected chi connectivity index (χ0v) is 14.8. The largest absolute Gasteiger partial charge is 0.352 e. The van der Waals surface area contributed by atoms with E-state index in [0.717, 1.165) is 17.7 Å². The molecule has 8 heteroatoms. The average molecular weight is 389 g/mol. The molecule has 2 aromatic carbocycles. The molecule has 138 valence electrons. The number of amides is 1. The lowest BCUT2D eigenvalue weighted by Crippen LogP contribution is -2.26. The van der Waals surface area contributed by atoms with E-state index in [1.54, 1.807) is 6.07 Å². The average Bonchev–Trinajstić information content (AvgIpc) is 2.65. The van der Waals surface area contributed by atoms with Crippen molar-refractivity contribution in [3.8, 4) is 0 Å². The van der Waals surface area contributed by atoms with Crippen LogP contribution in [0.25, 0.3) is 0 Å². The Labute approximate surface area is 159 Å². The van der Waals surface area contributed by atoms with Crippen LogP contribution in [0.3, 0.4) is 0 Å². The van der Waals surface area contributed by atoms with E-state index >= 15 is 0 Å². The number of anilines is 2. The van der Waals surface area contributed by atoms with Crippen LogP contribution in [-0.4, -0.2) is 22.4 Å². The van der Waals surface area contributed by atoms with E-state index in [2.05, 4.69) is 20.6 Å². The minimum Gasteiger partial charge on any atom is -0.352 e. The van der Waals surface area contributed by atoms with Crippen LogP contribution in [0.4, 0.5) is 20.4 Å². The van der Waals surface area contributed by atoms with Crippen LogP contribution in [0.2, 0.25) is 5.02 Å². The predicted octanol–water partition coefficient (Wildman–Crippen LogP) is 4.12. The van der Waals surface area contributed by atoms with Crippen molar-refractivity contribution in [3.05, 3.63) is 82.6 Å². The highest BCUT2D eigenvalue weighted by molar-refractivity contribution is 6.30. The Balaban J connectivity index is 1.57. The number of hydrogen-bond donors (Lipinski definition) is 2. The van der Waals surface area contributed by atoms with Gasteiger partial charge in [-0.3, -0.25) is 4.79 Å². The highest BCUT2D eigenvalue weighted by Gasteiger charge is 2.11. The molecule has 0 aliphatic rings. The van der Waals surface area contributed by atoms with Crippen LogP contribution in [0.1, 0.15) is 15.9 Å². The summed E-state index contributed by atoms with van der Waals surface area (Å²) in [6.07, 6.45) is 3.19. The third kappa shape index (κ3) is 4.98. The second kappa shape index (κ2) is 8.55. The number of para-hydroxylation sites is 1. The number of halogens is 3. The summed E-state index contributed by atoms with van der Waals surface area (Å²) in [7, 11) is 0. The van der Waals surface area contributed by atoms with Gasteiger partial charge >= 0.3 is 0 Å². The molecular formula is C19H15ClF2N4O. The summed E-state index contributed by atoms with van der Waals surface area (Å²) in [4.78, 5) is 20.0. The molecule has 0 atom stereocenters. The number of carbonyl (C=O) groups excluding carboxylic acids is 1. The zero-order valence-electron chi connectivity index (χ0n) is 14.0. The van der Waals surface area contributed by atoms with Crippen LogP contribution in [0, 0.1) is 11.6 Å². The summed E-state index contributed by atoms with van der Waals surface area (Å²) in [6, 6.07) is 10.9. The predicted molar refractivity (Wildman–Crippen MR) is 99.2 cm³/mol. The van der Waals surface area contributed by atoms with E-state index in [0.29, 0.717) is 18.0 Å². The fraction of sp³-hybridized carbons (Fsp3) is 0.105. The van der Waals surface area contributed by atoms with E-state index in [-0.39, 0.29) is 23.1 Å². The first kappa shape index (κ1) is 18.7. The standard InChI is InChI=1S/C19H15ClF2N4O/c20-14-4-1-3-12(9-14)7-8-23-18(27)13-10-24-19(25-11-13)26-17-15(21)5-2-6-16(17)22/h1-6,9-11H,7-8H2,(H,23,27)(H,24,25,26). The molecule has 2 N–H and O–H groups in total. The van der Waals surface area contributed by atoms with E-state index in [1.165, 1.54) is 18.5 Å². The second-order valence-electron chi connectivity index (χ2n) is 5.65. The maximum Gasteiger partial charge on any atom is 0.254 e. The Morgan fingerprint density at radius 3 is 2.37 bits per heavy atom. The number of nitrogens with one attached hydrogen (secondary N) is 2. The minimum absolute atomic E-state index is 0.0190. The van der Waals surface area contributed by atoms with Crippen LogP contribution in [0.15, 0.2) is 54.9 Å². The molecule has 3 rings (SSSR count). The van der Waals surface area contributed by atoms with Crippen LogP contribution < -0.4 is 10.6 Å². The van der Waals surface area contributed by atoms with Gasteiger partial charge < -0.3 is 10.6 Å². The summed E-state index contributed by atoms with van der Waals surface area (Å²) in [5.74, 6) is -1.89. The van der Waals surface area contributed by atoms with Gasteiger partial charge in [-0.05, 0) is 36.2 Å². The SMILES string of the molecule is O=C(NCCc1cccc(Cl)c1)c1cnc(Nc2c(F)cccc2F)nc1. The molecule has 0 saturated carbocycles. The van der Waals surface area contributed by atoms with Gasteiger partial charge in [-0.2, -0.15) is 0 Å². The van der Waals surface area contributed by atoms with Gasteiger partial charge in [0, 0.05) is 24.0 Å². The molecule has 27 heavy (non-hydrogen) atoms. The maximum absolute atomic E-state index is 13.6. The Kier molecular flexibility index (Phi) is 5.93. The van der Waals surface area contributed by atoms with Gasteiger partial charge in [-0.1, -0.05) is 29.8 Å². The first-order valence-electron chi connectivity index (χ1n) is 8.08. The van der Waals surface area contributed by atoms with Gasteiger partial charge in [0.25, 0.3) is 5.91 Å². The van der Waals surface area contributed by atoms with Gasteiger partial charge in [0.05, 0.1) is 5.56 Å². The maximum atomic E-state index is 13.6. The molecular weight excluding hydrogens is 374 g/mol. The highest BCUT2D eigenvalue weighted by atomic mass is 35.5. The fourth-order valence-corrected chi connectivity index (χ4v) is 2.57. The van der Waals surface area contributed by atoms with Crippen molar-refractivity contribution in [2.45, 2.75) is 6.42 Å². The Hall–Kier alpha value is -3.06. The normalized spacial score (nSPS) is 10.5. The molecule has 0 aliphatic heterocycles. The van der Waals surface area contributed by atoms with Crippen molar-refractivity contribution in [2.24, 2.45) is 0 Å². The highest BCUT2D eigenvalue weighted by Crippen LogP contribution is 2.20. The molecule has 0 saturated heterocycles. The topological polar surface area (TPSA) is 66.9 Å². The third-order valence-electron chi connectivity index (χ3n) is 3.70. The summed E-state index contributed by atoms with van der Waals surface area (Å²) < 4.78 is 27.2. The van der Waals surface area contributed by atoms with Crippen LogP contribution in [-0.2, 0) is 6.42 Å². The molecule has 0 fully saturated rings. The van der Waals surface area contributed by atoms with Gasteiger partial charge in [0.1, 0.15) is 17.3 Å². The van der Waals surface area contributed by atoms with Gasteiger partial charge in [0.15, 0.2) is 0 Å². The smallest absolute Gasteiger partial charge is 0.254 e. The van der Waals surface area contributed by atoms with Gasteiger partial charge in [-0.15, -0.1) is 0 Å². The number of carbonyl (C=O) groups is 1. The lowest BCUT2D eigenvalue weighted by molar-refractivity contribution is 0.0953. The number of nitrogens with zero attached hydrogens (tertiary/aromatic N) is 2. The van der Waals surface area contributed by atoms with Crippen molar-refractivity contribution in [2.75, 3.05) is 11.9 Å². The molecule has 3 aromatic rings. The number of rotatable bonds is 6. The summed E-state index contributed by atoms with van der Waals surface area (Å²) in [5.41, 5.74) is 0.891. The van der Waals surface area contributed by atoms with Crippen molar-refractivity contribution in [1.29, 1.82) is 0 Å². The summed E-state index contributed by atoms with van der Waals surface area (Å²) >= 11 is 5.92. The van der Waals surface area contributed by atoms with Gasteiger partial charge in [0.2, 0.25) is 5.95 Å². The van der Waals surface area contributed by atoms with E-state index in [4.69, 9.17) is 11.6 Å². The Morgan fingerprint density at radius 2 is 1.70 bits per heavy atom. The monoisotopic (exact) mass is 388 g/mol.